The Morgan fingerprint density at radius 2 is 2.03 bits per heavy atom. The Kier molecular flexibility index (Phi) is 7.18. The zero-order valence-electron chi connectivity index (χ0n) is 18.8. The molecule has 8 nitrogen and oxygen atoms in total. The Labute approximate surface area is 197 Å². The molecule has 10 heteroatoms. The number of nitrogens with zero attached hydrogens (tertiary/aromatic N) is 1. The molecule has 0 bridgehead atoms. The van der Waals surface area contributed by atoms with Crippen LogP contribution in [0.15, 0.2) is 29.2 Å². The lowest BCUT2D eigenvalue weighted by molar-refractivity contribution is 0.0526. The van der Waals surface area contributed by atoms with Crippen molar-refractivity contribution in [2.75, 3.05) is 38.2 Å². The van der Waals surface area contributed by atoms with Gasteiger partial charge in [-0.05, 0) is 55.9 Å². The van der Waals surface area contributed by atoms with E-state index in [1.54, 1.807) is 19.1 Å². The Morgan fingerprint density at radius 3 is 2.76 bits per heavy atom. The van der Waals surface area contributed by atoms with Gasteiger partial charge in [0.2, 0.25) is 10.0 Å². The van der Waals surface area contributed by atoms with Crippen molar-refractivity contribution in [3.05, 3.63) is 45.8 Å². The molecular weight excluding hydrogens is 464 g/mol. The lowest BCUT2D eigenvalue weighted by Gasteiger charge is -2.26. The van der Waals surface area contributed by atoms with Gasteiger partial charge in [-0.15, -0.1) is 11.3 Å². The second-order valence-electron chi connectivity index (χ2n) is 8.27. The van der Waals surface area contributed by atoms with E-state index in [1.807, 2.05) is 0 Å². The highest BCUT2D eigenvalue weighted by atomic mass is 32.2. The number of nitrogens with one attached hydrogen (secondary N) is 1. The molecule has 4 rings (SSSR count). The van der Waals surface area contributed by atoms with Crippen LogP contribution in [-0.2, 0) is 32.3 Å². The summed E-state index contributed by atoms with van der Waals surface area (Å²) in [6, 6.07) is 5.97. The summed E-state index contributed by atoms with van der Waals surface area (Å²) in [5, 5.41) is 3.30. The van der Waals surface area contributed by atoms with E-state index in [0.717, 1.165) is 29.7 Å². The van der Waals surface area contributed by atoms with E-state index in [1.165, 1.54) is 27.8 Å². The highest BCUT2D eigenvalue weighted by Gasteiger charge is 2.30. The summed E-state index contributed by atoms with van der Waals surface area (Å²) >= 11 is 1.40. The molecule has 2 aromatic rings. The molecule has 1 N–H and O–H groups in total. The molecule has 1 atom stereocenters. The van der Waals surface area contributed by atoms with Crippen LogP contribution in [0.2, 0.25) is 0 Å². The molecule has 1 aromatic carbocycles. The highest BCUT2D eigenvalue weighted by molar-refractivity contribution is 7.89. The van der Waals surface area contributed by atoms with Crippen molar-refractivity contribution in [1.29, 1.82) is 0 Å². The number of hydrogen-bond acceptors (Lipinski definition) is 7. The summed E-state index contributed by atoms with van der Waals surface area (Å²) in [7, 11) is -3.73. The van der Waals surface area contributed by atoms with E-state index >= 15 is 0 Å². The molecule has 33 heavy (non-hydrogen) atoms. The van der Waals surface area contributed by atoms with Gasteiger partial charge in [0.05, 0.1) is 30.3 Å². The van der Waals surface area contributed by atoms with Crippen LogP contribution in [0.4, 0.5) is 5.00 Å². The predicted molar refractivity (Wildman–Crippen MR) is 125 cm³/mol. The third-order valence-corrected chi connectivity index (χ3v) is 8.99. The topological polar surface area (TPSA) is 102 Å². The van der Waals surface area contributed by atoms with Crippen molar-refractivity contribution in [3.63, 3.8) is 0 Å². The molecule has 0 spiro atoms. The number of anilines is 1. The van der Waals surface area contributed by atoms with E-state index in [-0.39, 0.29) is 30.2 Å². The Balaban J connectivity index is 1.61. The summed E-state index contributed by atoms with van der Waals surface area (Å²) < 4.78 is 37.8. The Hall–Kier alpha value is -2.27. The fourth-order valence-corrected chi connectivity index (χ4v) is 7.02. The van der Waals surface area contributed by atoms with E-state index in [2.05, 4.69) is 12.2 Å². The molecule has 0 saturated carbocycles. The Morgan fingerprint density at radius 1 is 1.27 bits per heavy atom. The van der Waals surface area contributed by atoms with E-state index in [4.69, 9.17) is 9.47 Å². The van der Waals surface area contributed by atoms with E-state index < -0.39 is 21.9 Å². The van der Waals surface area contributed by atoms with Crippen molar-refractivity contribution in [2.45, 2.75) is 38.0 Å². The minimum Gasteiger partial charge on any atom is -0.462 e. The van der Waals surface area contributed by atoms with Gasteiger partial charge in [-0.2, -0.15) is 4.31 Å². The molecule has 1 aliphatic heterocycles. The third-order valence-electron chi connectivity index (χ3n) is 5.92. The highest BCUT2D eigenvalue weighted by Crippen LogP contribution is 2.40. The molecule has 178 valence electrons. The second-order valence-corrected chi connectivity index (χ2v) is 11.3. The van der Waals surface area contributed by atoms with Crippen LogP contribution in [-0.4, -0.2) is 57.5 Å². The first-order valence-corrected chi connectivity index (χ1v) is 13.4. The Bertz CT molecular complexity index is 1150. The maximum atomic E-state index is 13.1. The summed E-state index contributed by atoms with van der Waals surface area (Å²) in [5.41, 5.74) is 1.59. The number of sulfonamides is 1. The first-order chi connectivity index (χ1) is 15.8. The zero-order valence-corrected chi connectivity index (χ0v) is 20.4. The lowest BCUT2D eigenvalue weighted by atomic mass is 9.88. The van der Waals surface area contributed by atoms with Gasteiger partial charge < -0.3 is 14.8 Å². The number of thiophene rings is 1. The van der Waals surface area contributed by atoms with Crippen LogP contribution in [0.3, 0.4) is 0 Å². The largest absolute Gasteiger partial charge is 0.462 e. The van der Waals surface area contributed by atoms with Gasteiger partial charge in [0.15, 0.2) is 0 Å². The number of fused-ring (bicyclic) bond motifs is 1. The van der Waals surface area contributed by atoms with Gasteiger partial charge in [0.25, 0.3) is 5.91 Å². The second kappa shape index (κ2) is 9.92. The van der Waals surface area contributed by atoms with Gasteiger partial charge >= 0.3 is 5.97 Å². The molecule has 2 aliphatic rings. The van der Waals surface area contributed by atoms with Crippen molar-refractivity contribution in [1.82, 2.24) is 4.31 Å². The summed E-state index contributed by atoms with van der Waals surface area (Å²) in [6.07, 6.45) is 2.60. The average Bonchev–Trinajstić information content (AvgIpc) is 3.16. The maximum absolute atomic E-state index is 13.1. The van der Waals surface area contributed by atoms with Gasteiger partial charge in [-0.25, -0.2) is 13.2 Å². The molecule has 1 fully saturated rings. The molecule has 1 aromatic heterocycles. The predicted octanol–water partition coefficient (Wildman–Crippen LogP) is 3.32. The van der Waals surface area contributed by atoms with Crippen LogP contribution < -0.4 is 5.32 Å². The average molecular weight is 493 g/mol. The zero-order chi connectivity index (χ0) is 23.6. The lowest BCUT2D eigenvalue weighted by Crippen LogP contribution is -2.40. The SMILES string of the molecule is CCOC(=O)c1c(NC(=O)c2cccc(S(=O)(=O)N3CCOCC3)c2)sc2c1CC[C@H](C)C2. The molecule has 1 saturated heterocycles. The molecule has 2 heterocycles. The maximum Gasteiger partial charge on any atom is 0.341 e. The van der Waals surface area contributed by atoms with Crippen molar-refractivity contribution < 1.29 is 27.5 Å². The van der Waals surface area contributed by atoms with Crippen LogP contribution in [0, 0.1) is 5.92 Å². The van der Waals surface area contributed by atoms with Crippen LogP contribution in [0.25, 0.3) is 0 Å². The number of carbonyl (C=O) groups is 2. The van der Waals surface area contributed by atoms with E-state index in [9.17, 15) is 18.0 Å². The number of esters is 1. The number of morpholine rings is 1. The number of benzene rings is 1. The summed E-state index contributed by atoms with van der Waals surface area (Å²) in [6.45, 7) is 5.41. The molecule has 1 aliphatic carbocycles. The number of rotatable bonds is 6. The van der Waals surface area contributed by atoms with Gasteiger partial charge in [-0.1, -0.05) is 13.0 Å². The van der Waals surface area contributed by atoms with Crippen molar-refractivity contribution in [2.24, 2.45) is 5.92 Å². The smallest absolute Gasteiger partial charge is 0.341 e. The standard InChI is InChI=1S/C23H28N2O6S2/c1-3-31-23(27)20-18-8-7-15(2)13-19(18)32-22(20)24-21(26)16-5-4-6-17(14-16)33(28,29)25-9-11-30-12-10-25/h4-6,14-15H,3,7-13H2,1-2H3,(H,24,26)/t15-/m0/s1. The van der Waals surface area contributed by atoms with Crippen LogP contribution in [0.5, 0.6) is 0 Å². The number of ether oxygens (including phenoxy) is 2. The summed E-state index contributed by atoms with van der Waals surface area (Å²) in [5.74, 6) is -0.397. The fraction of sp³-hybridized carbons (Fsp3) is 0.478. The van der Waals surface area contributed by atoms with Crippen LogP contribution in [0.1, 0.15) is 51.4 Å². The van der Waals surface area contributed by atoms with Gasteiger partial charge in [0.1, 0.15) is 5.00 Å². The minimum atomic E-state index is -3.73. The quantitative estimate of drug-likeness (QED) is 0.621. The minimum absolute atomic E-state index is 0.0574. The number of carbonyl (C=O) groups excluding carboxylic acids is 2. The third kappa shape index (κ3) is 4.98. The number of hydrogen-bond donors (Lipinski definition) is 1. The molecular formula is C23H28N2O6S2. The normalized spacial score (nSPS) is 19.0. The van der Waals surface area contributed by atoms with Crippen LogP contribution >= 0.6 is 11.3 Å². The molecule has 0 radical (unpaired) electrons. The van der Waals surface area contributed by atoms with Crippen molar-refractivity contribution >= 4 is 38.2 Å². The van der Waals surface area contributed by atoms with Crippen molar-refractivity contribution in [3.8, 4) is 0 Å². The number of amides is 1. The first-order valence-electron chi connectivity index (χ1n) is 11.1. The van der Waals surface area contributed by atoms with E-state index in [0.29, 0.717) is 29.7 Å². The fourth-order valence-electron chi connectivity index (χ4n) is 4.17. The molecule has 1 amide bonds. The first kappa shape index (κ1) is 23.9. The summed E-state index contributed by atoms with van der Waals surface area (Å²) in [4.78, 5) is 26.9. The monoisotopic (exact) mass is 492 g/mol. The van der Waals surface area contributed by atoms with Gasteiger partial charge in [0, 0.05) is 23.5 Å². The van der Waals surface area contributed by atoms with Gasteiger partial charge in [-0.3, -0.25) is 4.79 Å². The molecule has 0 unspecified atom stereocenters.